The number of imidazole rings is 1. The van der Waals surface area contributed by atoms with E-state index in [4.69, 9.17) is 0 Å². The Kier molecular flexibility index (Phi) is 4.06. The van der Waals surface area contributed by atoms with Gasteiger partial charge in [-0.15, -0.1) is 0 Å². The maximum absolute atomic E-state index is 12.3. The van der Waals surface area contributed by atoms with Crippen molar-refractivity contribution in [3.05, 3.63) is 36.2 Å². The van der Waals surface area contributed by atoms with Crippen LogP contribution < -0.4 is 5.32 Å². The summed E-state index contributed by atoms with van der Waals surface area (Å²) in [6.07, 6.45) is 0.403. The van der Waals surface area contributed by atoms with Crippen molar-refractivity contribution < 1.29 is 18.0 Å². The van der Waals surface area contributed by atoms with Gasteiger partial charge < -0.3 is 10.3 Å². The average Bonchev–Trinajstić information content (AvgIpc) is 2.98. The lowest BCUT2D eigenvalue weighted by atomic mass is 10.4. The topological polar surface area (TPSA) is 75.6 Å². The van der Waals surface area contributed by atoms with E-state index in [1.165, 1.54) is 0 Å². The second-order valence-corrected chi connectivity index (χ2v) is 4.03. The van der Waals surface area contributed by atoms with E-state index in [9.17, 15) is 18.0 Å². The molecule has 0 aliphatic heterocycles. The van der Waals surface area contributed by atoms with Crippen LogP contribution in [0.25, 0.3) is 0 Å². The molecule has 0 unspecified atom stereocenters. The number of alkyl halides is 3. The highest BCUT2D eigenvalue weighted by molar-refractivity contribution is 5.75. The average molecular weight is 287 g/mol. The smallest absolute Gasteiger partial charge is 0.354 e. The number of rotatable bonds is 5. The van der Waals surface area contributed by atoms with Crippen LogP contribution in [0.2, 0.25) is 0 Å². The number of nitrogens with zero attached hydrogens (tertiary/aromatic N) is 3. The van der Waals surface area contributed by atoms with E-state index in [-0.39, 0.29) is 6.54 Å². The van der Waals surface area contributed by atoms with Gasteiger partial charge in [-0.3, -0.25) is 9.48 Å². The third kappa shape index (κ3) is 3.84. The fraction of sp³-hybridized carbons (Fsp3) is 0.364. The highest BCUT2D eigenvalue weighted by atomic mass is 19.4. The Hall–Kier alpha value is -2.32. The van der Waals surface area contributed by atoms with E-state index < -0.39 is 17.8 Å². The summed E-state index contributed by atoms with van der Waals surface area (Å²) in [5.74, 6) is 0.317. The maximum atomic E-state index is 12.3. The molecule has 2 N–H and O–H groups in total. The van der Waals surface area contributed by atoms with Gasteiger partial charge in [-0.25, -0.2) is 4.98 Å². The molecular formula is C11H12F3N5O. The number of H-pyrrole nitrogens is 1. The normalized spacial score (nSPS) is 11.6. The number of amides is 1. The van der Waals surface area contributed by atoms with Crippen LogP contribution in [0.4, 0.5) is 13.2 Å². The number of nitrogens with one attached hydrogen (secondary N) is 2. The lowest BCUT2D eigenvalue weighted by molar-refractivity contribution is -0.141. The van der Waals surface area contributed by atoms with Gasteiger partial charge >= 0.3 is 6.18 Å². The molecule has 2 aromatic rings. The van der Waals surface area contributed by atoms with Gasteiger partial charge in [0.15, 0.2) is 5.69 Å². The van der Waals surface area contributed by atoms with Crippen molar-refractivity contribution >= 4 is 5.91 Å². The molecule has 0 saturated carbocycles. The molecule has 0 fully saturated rings. The van der Waals surface area contributed by atoms with Crippen LogP contribution in [0.1, 0.15) is 11.5 Å². The van der Waals surface area contributed by atoms with Crippen LogP contribution in [0.3, 0.4) is 0 Å². The van der Waals surface area contributed by atoms with E-state index in [1.54, 1.807) is 12.4 Å². The molecule has 2 aromatic heterocycles. The molecule has 0 spiro atoms. The van der Waals surface area contributed by atoms with Crippen molar-refractivity contribution in [2.75, 3.05) is 6.54 Å². The molecule has 0 atom stereocenters. The Morgan fingerprint density at radius 3 is 2.85 bits per heavy atom. The Balaban J connectivity index is 1.78. The fourth-order valence-corrected chi connectivity index (χ4v) is 1.56. The second kappa shape index (κ2) is 5.76. The van der Waals surface area contributed by atoms with Crippen LogP contribution in [0, 0.1) is 0 Å². The summed E-state index contributed by atoms with van der Waals surface area (Å²) in [5.41, 5.74) is -1.01. The van der Waals surface area contributed by atoms with Crippen LogP contribution in [-0.2, 0) is 23.9 Å². The first-order valence-corrected chi connectivity index (χ1v) is 5.81. The number of halogens is 3. The lowest BCUT2D eigenvalue weighted by Crippen LogP contribution is -2.29. The molecule has 9 heteroatoms. The molecule has 2 rings (SSSR count). The summed E-state index contributed by atoms with van der Waals surface area (Å²) >= 11 is 0. The number of carbonyl (C=O) groups excluding carboxylic acids is 1. The minimum atomic E-state index is -4.50. The van der Waals surface area contributed by atoms with E-state index in [0.29, 0.717) is 13.0 Å². The molecule has 108 valence electrons. The van der Waals surface area contributed by atoms with Crippen molar-refractivity contribution in [1.29, 1.82) is 0 Å². The monoisotopic (exact) mass is 287 g/mol. The zero-order valence-corrected chi connectivity index (χ0v) is 10.3. The van der Waals surface area contributed by atoms with Crippen LogP contribution in [0.5, 0.6) is 0 Å². The van der Waals surface area contributed by atoms with Crippen LogP contribution >= 0.6 is 0 Å². The molecule has 0 saturated heterocycles. The quantitative estimate of drug-likeness (QED) is 0.861. The standard InChI is InChI=1S/C11H12F3N5O/c12-11(13,14)8-2-6-19(18-8)7-10(20)17-3-1-9-15-4-5-16-9/h2,4-6H,1,3,7H2,(H,15,16)(H,17,20). The zero-order chi connectivity index (χ0) is 14.6. The maximum Gasteiger partial charge on any atom is 0.435 e. The molecule has 0 aromatic carbocycles. The zero-order valence-electron chi connectivity index (χ0n) is 10.3. The molecule has 0 bridgehead atoms. The Labute approximate surface area is 112 Å². The summed E-state index contributed by atoms with van der Waals surface area (Å²) in [5, 5.41) is 5.87. The predicted molar refractivity (Wildman–Crippen MR) is 62.5 cm³/mol. The van der Waals surface area contributed by atoms with Crippen LogP contribution in [0.15, 0.2) is 24.7 Å². The third-order valence-corrected chi connectivity index (χ3v) is 2.48. The predicted octanol–water partition coefficient (Wildman–Crippen LogP) is 0.984. The van der Waals surface area contributed by atoms with Crippen molar-refractivity contribution in [2.24, 2.45) is 0 Å². The van der Waals surface area contributed by atoms with Gasteiger partial charge in [0, 0.05) is 31.6 Å². The van der Waals surface area contributed by atoms with Gasteiger partial charge in [0.05, 0.1) is 0 Å². The van der Waals surface area contributed by atoms with Crippen LogP contribution in [-0.4, -0.2) is 32.2 Å². The first kappa shape index (κ1) is 14.1. The minimum absolute atomic E-state index is 0.256. The molecule has 0 radical (unpaired) electrons. The molecule has 6 nitrogen and oxygen atoms in total. The first-order chi connectivity index (χ1) is 9.45. The largest absolute Gasteiger partial charge is 0.435 e. The number of hydrogen-bond donors (Lipinski definition) is 2. The number of hydrogen-bond acceptors (Lipinski definition) is 3. The Morgan fingerprint density at radius 2 is 2.25 bits per heavy atom. The Morgan fingerprint density at radius 1 is 1.45 bits per heavy atom. The van der Waals surface area contributed by atoms with Crippen molar-refractivity contribution in [3.8, 4) is 0 Å². The van der Waals surface area contributed by atoms with Gasteiger partial charge in [0.2, 0.25) is 5.91 Å². The van der Waals surface area contributed by atoms with E-state index in [2.05, 4.69) is 20.4 Å². The summed E-state index contributed by atoms with van der Waals surface area (Å²) in [7, 11) is 0. The van der Waals surface area contributed by atoms with Gasteiger partial charge in [0.25, 0.3) is 0 Å². The van der Waals surface area contributed by atoms with E-state index >= 15 is 0 Å². The van der Waals surface area contributed by atoms with E-state index in [1.807, 2.05) is 0 Å². The van der Waals surface area contributed by atoms with Crippen molar-refractivity contribution in [2.45, 2.75) is 19.1 Å². The number of carbonyl (C=O) groups is 1. The third-order valence-electron chi connectivity index (χ3n) is 2.48. The van der Waals surface area contributed by atoms with E-state index in [0.717, 1.165) is 22.8 Å². The van der Waals surface area contributed by atoms with Gasteiger partial charge in [-0.1, -0.05) is 0 Å². The molecule has 0 aliphatic rings. The number of aromatic nitrogens is 4. The molecule has 1 amide bonds. The molecular weight excluding hydrogens is 275 g/mol. The molecule has 2 heterocycles. The second-order valence-electron chi connectivity index (χ2n) is 4.03. The summed E-state index contributed by atoms with van der Waals surface area (Å²) in [6, 6.07) is 0.829. The summed E-state index contributed by atoms with van der Waals surface area (Å²) < 4.78 is 37.9. The summed E-state index contributed by atoms with van der Waals surface area (Å²) in [4.78, 5) is 18.4. The summed E-state index contributed by atoms with van der Waals surface area (Å²) in [6.45, 7) is 0.0912. The van der Waals surface area contributed by atoms with Gasteiger partial charge in [-0.2, -0.15) is 18.3 Å². The van der Waals surface area contributed by atoms with Gasteiger partial charge in [-0.05, 0) is 6.07 Å². The van der Waals surface area contributed by atoms with Crippen molar-refractivity contribution in [3.63, 3.8) is 0 Å². The SMILES string of the molecule is O=C(Cn1ccc(C(F)(F)F)n1)NCCc1ncc[nH]1. The lowest BCUT2D eigenvalue weighted by Gasteiger charge is -2.05. The highest BCUT2D eigenvalue weighted by Crippen LogP contribution is 2.27. The number of aromatic amines is 1. The highest BCUT2D eigenvalue weighted by Gasteiger charge is 2.33. The first-order valence-electron chi connectivity index (χ1n) is 5.81. The van der Waals surface area contributed by atoms with Crippen molar-refractivity contribution in [1.82, 2.24) is 25.1 Å². The van der Waals surface area contributed by atoms with Gasteiger partial charge in [0.1, 0.15) is 12.4 Å². The molecule has 0 aliphatic carbocycles. The Bertz CT molecular complexity index is 561. The minimum Gasteiger partial charge on any atom is -0.354 e. The molecule has 20 heavy (non-hydrogen) atoms. The fourth-order valence-electron chi connectivity index (χ4n) is 1.56.